The smallest absolute Gasteiger partial charge is 0.122 e. The molecule has 0 radical (unpaired) electrons. The molecule has 1 aliphatic rings. The second-order valence-corrected chi connectivity index (χ2v) is 6.49. The quantitative estimate of drug-likeness (QED) is 0.765. The van der Waals surface area contributed by atoms with Crippen LogP contribution in [0.4, 0.5) is 0 Å². The van der Waals surface area contributed by atoms with Crippen molar-refractivity contribution in [3.8, 4) is 11.5 Å². The van der Waals surface area contributed by atoms with Crippen LogP contribution in [0.3, 0.4) is 0 Å². The highest BCUT2D eigenvalue weighted by Gasteiger charge is 2.18. The summed E-state index contributed by atoms with van der Waals surface area (Å²) >= 11 is 0. The monoisotopic (exact) mass is 322 g/mol. The fraction of sp³-hybridized carbons (Fsp3) is 0.667. The fourth-order valence-electron chi connectivity index (χ4n) is 2.96. The van der Waals surface area contributed by atoms with Gasteiger partial charge in [0.05, 0.1) is 20.3 Å². The molecular formula is C18H30N2O3. The Balaban J connectivity index is 1.73. The number of hydrogen-bond acceptors (Lipinski definition) is 5. The molecule has 1 atom stereocenters. The van der Waals surface area contributed by atoms with E-state index in [2.05, 4.69) is 17.1 Å². The van der Waals surface area contributed by atoms with Gasteiger partial charge in [-0.2, -0.15) is 0 Å². The number of benzene rings is 1. The molecule has 1 aromatic carbocycles. The lowest BCUT2D eigenvalue weighted by Gasteiger charge is -2.31. The molecule has 1 fully saturated rings. The number of nitrogens with one attached hydrogen (secondary N) is 1. The van der Waals surface area contributed by atoms with Crippen molar-refractivity contribution < 1.29 is 14.6 Å². The Hall–Kier alpha value is -1.30. The number of nitrogens with zero attached hydrogens (tertiary/aromatic N) is 1. The molecule has 1 heterocycles. The Morgan fingerprint density at radius 3 is 2.35 bits per heavy atom. The maximum atomic E-state index is 10.2. The summed E-state index contributed by atoms with van der Waals surface area (Å²) < 4.78 is 10.5. The van der Waals surface area contributed by atoms with E-state index in [1.54, 1.807) is 14.2 Å². The number of ether oxygens (including phenoxy) is 2. The van der Waals surface area contributed by atoms with Crippen LogP contribution in [0, 0.1) is 5.92 Å². The molecule has 0 saturated carbocycles. The maximum Gasteiger partial charge on any atom is 0.122 e. The van der Waals surface area contributed by atoms with E-state index in [-0.39, 0.29) is 6.10 Å². The highest BCUT2D eigenvalue weighted by atomic mass is 16.5. The highest BCUT2D eigenvalue weighted by Crippen LogP contribution is 2.22. The third kappa shape index (κ3) is 6.01. The van der Waals surface area contributed by atoms with Gasteiger partial charge in [-0.15, -0.1) is 0 Å². The average Bonchev–Trinajstić information content (AvgIpc) is 2.56. The Morgan fingerprint density at radius 2 is 1.78 bits per heavy atom. The first-order chi connectivity index (χ1) is 11.1. The molecule has 5 nitrogen and oxygen atoms in total. The van der Waals surface area contributed by atoms with Crippen LogP contribution >= 0.6 is 0 Å². The predicted molar refractivity (Wildman–Crippen MR) is 92.1 cm³/mol. The van der Waals surface area contributed by atoms with Crippen LogP contribution in [0.1, 0.15) is 25.3 Å². The van der Waals surface area contributed by atoms with Gasteiger partial charge < -0.3 is 24.8 Å². The lowest BCUT2D eigenvalue weighted by molar-refractivity contribution is 0.0907. The molecule has 1 saturated heterocycles. The average molecular weight is 322 g/mol. The molecule has 1 aromatic rings. The minimum Gasteiger partial charge on any atom is -0.497 e. The predicted octanol–water partition coefficient (Wildman–Crippen LogP) is 1.89. The normalized spacial score (nSPS) is 17.9. The van der Waals surface area contributed by atoms with Crippen molar-refractivity contribution in [3.05, 3.63) is 23.8 Å². The molecule has 23 heavy (non-hydrogen) atoms. The highest BCUT2D eigenvalue weighted by molar-refractivity contribution is 5.38. The Morgan fingerprint density at radius 1 is 1.17 bits per heavy atom. The molecule has 2 N–H and O–H groups in total. The summed E-state index contributed by atoms with van der Waals surface area (Å²) in [7, 11) is 3.30. The van der Waals surface area contributed by atoms with Crippen LogP contribution in [0.5, 0.6) is 11.5 Å². The van der Waals surface area contributed by atoms with Gasteiger partial charge in [0, 0.05) is 25.7 Å². The van der Waals surface area contributed by atoms with Gasteiger partial charge in [0.25, 0.3) is 0 Å². The summed E-state index contributed by atoms with van der Waals surface area (Å²) in [5.74, 6) is 2.39. The summed E-state index contributed by atoms with van der Waals surface area (Å²) in [6.45, 7) is 6.53. The number of rotatable bonds is 8. The van der Waals surface area contributed by atoms with Crippen molar-refractivity contribution in [2.24, 2.45) is 5.92 Å². The van der Waals surface area contributed by atoms with Gasteiger partial charge in [-0.05, 0) is 49.5 Å². The van der Waals surface area contributed by atoms with Crippen LogP contribution < -0.4 is 14.8 Å². The summed E-state index contributed by atoms with van der Waals surface area (Å²) in [6.07, 6.45) is 2.14. The van der Waals surface area contributed by atoms with Crippen molar-refractivity contribution in [3.63, 3.8) is 0 Å². The maximum absolute atomic E-state index is 10.2. The molecule has 130 valence electrons. The molecular weight excluding hydrogens is 292 g/mol. The van der Waals surface area contributed by atoms with E-state index in [1.807, 2.05) is 18.2 Å². The minimum absolute atomic E-state index is 0.337. The molecule has 1 unspecified atom stereocenters. The van der Waals surface area contributed by atoms with Gasteiger partial charge in [-0.3, -0.25) is 0 Å². The minimum atomic E-state index is -0.337. The first-order valence-electron chi connectivity index (χ1n) is 8.43. The Kier molecular flexibility index (Phi) is 7.15. The third-order valence-corrected chi connectivity index (χ3v) is 4.47. The molecule has 0 amide bonds. The van der Waals surface area contributed by atoms with Gasteiger partial charge in [-0.25, -0.2) is 0 Å². The number of likely N-dealkylation sites (tertiary alicyclic amines) is 1. The summed E-state index contributed by atoms with van der Waals surface area (Å²) in [6, 6.07) is 5.82. The first-order valence-corrected chi connectivity index (χ1v) is 8.43. The number of aliphatic hydroxyl groups excluding tert-OH is 1. The van der Waals surface area contributed by atoms with Crippen LogP contribution in [-0.2, 0) is 6.54 Å². The largest absolute Gasteiger partial charge is 0.497 e. The van der Waals surface area contributed by atoms with E-state index in [0.29, 0.717) is 13.1 Å². The lowest BCUT2D eigenvalue weighted by atomic mass is 9.99. The van der Waals surface area contributed by atoms with Crippen LogP contribution in [0.25, 0.3) is 0 Å². The van der Waals surface area contributed by atoms with Crippen molar-refractivity contribution in [1.82, 2.24) is 10.2 Å². The summed E-state index contributed by atoms with van der Waals surface area (Å²) in [4.78, 5) is 2.36. The van der Waals surface area contributed by atoms with Gasteiger partial charge >= 0.3 is 0 Å². The van der Waals surface area contributed by atoms with Crippen molar-refractivity contribution in [1.29, 1.82) is 0 Å². The first kappa shape index (κ1) is 18.0. The van der Waals surface area contributed by atoms with E-state index < -0.39 is 0 Å². The summed E-state index contributed by atoms with van der Waals surface area (Å²) in [5.41, 5.74) is 1.08. The van der Waals surface area contributed by atoms with Crippen LogP contribution in [0.15, 0.2) is 18.2 Å². The van der Waals surface area contributed by atoms with E-state index in [0.717, 1.165) is 42.6 Å². The van der Waals surface area contributed by atoms with E-state index in [9.17, 15) is 5.11 Å². The van der Waals surface area contributed by atoms with E-state index in [1.165, 1.54) is 12.8 Å². The van der Waals surface area contributed by atoms with Crippen molar-refractivity contribution in [2.45, 2.75) is 32.4 Å². The topological polar surface area (TPSA) is 54.0 Å². The standard InChI is InChI=1S/C18H30N2O3/c1-14-4-6-20(7-5-14)13-16(21)12-19-11-15-8-17(22-2)10-18(9-15)23-3/h8-10,14,16,19,21H,4-7,11-13H2,1-3H3. The second kappa shape index (κ2) is 9.11. The van der Waals surface area contributed by atoms with Crippen molar-refractivity contribution in [2.75, 3.05) is 40.4 Å². The van der Waals surface area contributed by atoms with E-state index in [4.69, 9.17) is 9.47 Å². The number of methoxy groups -OCH3 is 2. The molecule has 0 spiro atoms. The second-order valence-electron chi connectivity index (χ2n) is 6.49. The van der Waals surface area contributed by atoms with E-state index >= 15 is 0 Å². The third-order valence-electron chi connectivity index (χ3n) is 4.47. The molecule has 0 aromatic heterocycles. The van der Waals surface area contributed by atoms with Gasteiger partial charge in [0.1, 0.15) is 11.5 Å². The molecule has 2 rings (SSSR count). The zero-order valence-corrected chi connectivity index (χ0v) is 14.5. The zero-order chi connectivity index (χ0) is 16.7. The van der Waals surface area contributed by atoms with Crippen LogP contribution in [0.2, 0.25) is 0 Å². The molecule has 5 heteroatoms. The molecule has 0 aliphatic carbocycles. The number of piperidine rings is 1. The molecule has 0 bridgehead atoms. The van der Waals surface area contributed by atoms with Crippen LogP contribution in [-0.4, -0.2) is 56.5 Å². The number of β-amino-alcohol motifs (C(OH)–C–C–N with tert-alkyl or cyclic N) is 1. The Bertz CT molecular complexity index is 451. The fourth-order valence-corrected chi connectivity index (χ4v) is 2.96. The number of aliphatic hydroxyl groups is 1. The zero-order valence-electron chi connectivity index (χ0n) is 14.5. The van der Waals surface area contributed by atoms with Gasteiger partial charge in [-0.1, -0.05) is 6.92 Å². The van der Waals surface area contributed by atoms with Crippen molar-refractivity contribution >= 4 is 0 Å². The summed E-state index contributed by atoms with van der Waals surface area (Å²) in [5, 5.41) is 13.5. The number of hydrogen-bond donors (Lipinski definition) is 2. The Labute approximate surface area is 139 Å². The van der Waals surface area contributed by atoms with Gasteiger partial charge in [0.15, 0.2) is 0 Å². The van der Waals surface area contributed by atoms with Gasteiger partial charge in [0.2, 0.25) is 0 Å². The SMILES string of the molecule is COc1cc(CNCC(O)CN2CCC(C)CC2)cc(OC)c1. The molecule has 1 aliphatic heterocycles. The lowest BCUT2D eigenvalue weighted by Crippen LogP contribution is -2.41.